The number of fused-ring (bicyclic) bond motifs is 2. The van der Waals surface area contributed by atoms with Crippen LogP contribution in [-0.2, 0) is 4.79 Å². The summed E-state index contributed by atoms with van der Waals surface area (Å²) in [6.07, 6.45) is 1.76. The van der Waals surface area contributed by atoms with E-state index in [1.807, 2.05) is 22.6 Å². The third-order valence-corrected chi connectivity index (χ3v) is 8.51. The number of hydrogen-bond donors (Lipinski definition) is 0. The monoisotopic (exact) mass is 487 g/mol. The van der Waals surface area contributed by atoms with Gasteiger partial charge in [-0.1, -0.05) is 18.2 Å². The molecule has 6 rings (SSSR count). The van der Waals surface area contributed by atoms with E-state index < -0.39 is 5.92 Å². The Hall–Kier alpha value is -3.52. The second kappa shape index (κ2) is 8.61. The molecule has 2 aromatic heterocycles. The van der Waals surface area contributed by atoms with Gasteiger partial charge in [-0.3, -0.25) is 4.79 Å². The summed E-state index contributed by atoms with van der Waals surface area (Å²) in [5.74, 6) is 0.226. The fourth-order valence-corrected chi connectivity index (χ4v) is 6.65. The van der Waals surface area contributed by atoms with Crippen molar-refractivity contribution in [3.63, 3.8) is 0 Å². The molecule has 8 heteroatoms. The van der Waals surface area contributed by atoms with Gasteiger partial charge in [0.15, 0.2) is 5.82 Å². The Bertz CT molecular complexity index is 1430. The summed E-state index contributed by atoms with van der Waals surface area (Å²) in [7, 11) is 0. The highest BCUT2D eigenvalue weighted by Crippen LogP contribution is 2.44. The molecule has 2 unspecified atom stereocenters. The Morgan fingerprint density at radius 3 is 2.49 bits per heavy atom. The third-order valence-electron chi connectivity index (χ3n) is 7.17. The van der Waals surface area contributed by atoms with E-state index in [1.165, 1.54) is 27.8 Å². The molecule has 6 nitrogen and oxygen atoms in total. The standard InChI is InChI=1S/C27H26FN5OS/c1-17-21-5-3-4-6-22(21)35-26(17)25-24(18(2)30-23-11-12-29-33(23)25)27(34)32-15-13-31(14-16-32)20-9-7-19(28)8-10-20/h3-12,24-25H,13-16H2,1-2H3. The molecule has 178 valence electrons. The second-order valence-corrected chi connectivity index (χ2v) is 10.3. The third kappa shape index (κ3) is 3.72. The number of piperazine rings is 1. The predicted octanol–water partition coefficient (Wildman–Crippen LogP) is 5.21. The van der Waals surface area contributed by atoms with Gasteiger partial charge < -0.3 is 9.80 Å². The number of anilines is 1. The summed E-state index contributed by atoms with van der Waals surface area (Å²) < 4.78 is 16.5. The Morgan fingerprint density at radius 1 is 1.00 bits per heavy atom. The van der Waals surface area contributed by atoms with Gasteiger partial charge in [-0.15, -0.1) is 11.3 Å². The van der Waals surface area contributed by atoms with Crippen LogP contribution in [0.2, 0.25) is 0 Å². The summed E-state index contributed by atoms with van der Waals surface area (Å²) in [6.45, 7) is 6.75. The highest BCUT2D eigenvalue weighted by atomic mass is 32.1. The first kappa shape index (κ1) is 22.0. The van der Waals surface area contributed by atoms with Gasteiger partial charge in [-0.2, -0.15) is 5.10 Å². The van der Waals surface area contributed by atoms with E-state index in [4.69, 9.17) is 4.99 Å². The zero-order valence-corrected chi connectivity index (χ0v) is 20.5. The van der Waals surface area contributed by atoms with Gasteiger partial charge >= 0.3 is 0 Å². The van der Waals surface area contributed by atoms with Crippen molar-refractivity contribution in [1.29, 1.82) is 0 Å². The highest BCUT2D eigenvalue weighted by Gasteiger charge is 2.42. The van der Waals surface area contributed by atoms with Crippen LogP contribution in [0.3, 0.4) is 0 Å². The molecule has 2 aromatic carbocycles. The highest BCUT2D eigenvalue weighted by molar-refractivity contribution is 7.19. The second-order valence-electron chi connectivity index (χ2n) is 9.19. The lowest BCUT2D eigenvalue weighted by Gasteiger charge is -2.39. The largest absolute Gasteiger partial charge is 0.368 e. The summed E-state index contributed by atoms with van der Waals surface area (Å²) in [4.78, 5) is 24.1. The molecule has 0 saturated carbocycles. The number of benzene rings is 2. The lowest BCUT2D eigenvalue weighted by atomic mass is 9.89. The van der Waals surface area contributed by atoms with E-state index >= 15 is 0 Å². The van der Waals surface area contributed by atoms with Crippen LogP contribution in [0.15, 0.2) is 65.8 Å². The van der Waals surface area contributed by atoms with Crippen LogP contribution >= 0.6 is 11.3 Å². The lowest BCUT2D eigenvalue weighted by Crippen LogP contribution is -2.53. The van der Waals surface area contributed by atoms with Crippen molar-refractivity contribution < 1.29 is 9.18 Å². The molecule has 0 radical (unpaired) electrons. The van der Waals surface area contributed by atoms with Crippen LogP contribution in [0, 0.1) is 18.7 Å². The molecule has 1 saturated heterocycles. The maximum absolute atomic E-state index is 14.0. The molecule has 0 bridgehead atoms. The number of halogens is 1. The Balaban J connectivity index is 1.32. The van der Waals surface area contributed by atoms with Crippen molar-refractivity contribution in [3.05, 3.63) is 77.1 Å². The van der Waals surface area contributed by atoms with E-state index in [2.05, 4.69) is 41.2 Å². The Morgan fingerprint density at radius 2 is 1.74 bits per heavy atom. The van der Waals surface area contributed by atoms with Gasteiger partial charge in [0, 0.05) is 53.2 Å². The first-order chi connectivity index (χ1) is 17.0. The molecule has 2 aliphatic rings. The van der Waals surface area contributed by atoms with E-state index in [0.29, 0.717) is 26.2 Å². The number of aromatic nitrogens is 2. The quantitative estimate of drug-likeness (QED) is 0.399. The average Bonchev–Trinajstić information content (AvgIpc) is 3.48. The molecule has 0 aliphatic carbocycles. The van der Waals surface area contributed by atoms with Gasteiger partial charge in [-0.05, 0) is 55.1 Å². The van der Waals surface area contributed by atoms with Gasteiger partial charge in [0.2, 0.25) is 5.91 Å². The van der Waals surface area contributed by atoms with E-state index in [0.717, 1.165) is 22.1 Å². The van der Waals surface area contributed by atoms with Crippen molar-refractivity contribution in [3.8, 4) is 0 Å². The Labute approximate surface area is 207 Å². The van der Waals surface area contributed by atoms with Gasteiger partial charge in [0.25, 0.3) is 0 Å². The molecule has 4 aromatic rings. The zero-order chi connectivity index (χ0) is 24.1. The minimum atomic E-state index is -0.411. The average molecular weight is 488 g/mol. The lowest BCUT2D eigenvalue weighted by molar-refractivity contribution is -0.134. The number of amides is 1. The van der Waals surface area contributed by atoms with E-state index in [9.17, 15) is 9.18 Å². The molecule has 0 spiro atoms. The van der Waals surface area contributed by atoms with Crippen LogP contribution in [-0.4, -0.2) is 52.5 Å². The molecule has 4 heterocycles. The normalized spacial score (nSPS) is 20.1. The van der Waals surface area contributed by atoms with Crippen LogP contribution in [0.1, 0.15) is 23.4 Å². The smallest absolute Gasteiger partial charge is 0.234 e. The first-order valence-electron chi connectivity index (χ1n) is 11.9. The summed E-state index contributed by atoms with van der Waals surface area (Å²) in [5.41, 5.74) is 3.00. The van der Waals surface area contributed by atoms with E-state index in [1.54, 1.807) is 29.7 Å². The molecular formula is C27H26FN5OS. The maximum atomic E-state index is 14.0. The van der Waals surface area contributed by atoms with Crippen molar-refractivity contribution in [2.75, 3.05) is 31.1 Å². The number of aryl methyl sites for hydroxylation is 1. The van der Waals surface area contributed by atoms with Gasteiger partial charge in [0.05, 0.1) is 6.20 Å². The van der Waals surface area contributed by atoms with Gasteiger partial charge in [0.1, 0.15) is 17.8 Å². The number of thiophene rings is 1. The van der Waals surface area contributed by atoms with Crippen molar-refractivity contribution >= 4 is 44.5 Å². The molecular weight excluding hydrogens is 461 g/mol. The number of rotatable bonds is 3. The summed E-state index contributed by atoms with van der Waals surface area (Å²) >= 11 is 1.74. The molecule has 2 aliphatic heterocycles. The minimum Gasteiger partial charge on any atom is -0.368 e. The predicted molar refractivity (Wildman–Crippen MR) is 138 cm³/mol. The summed E-state index contributed by atoms with van der Waals surface area (Å²) in [5, 5.41) is 5.83. The Kier molecular flexibility index (Phi) is 5.40. The van der Waals surface area contributed by atoms with Crippen LogP contribution in [0.25, 0.3) is 10.1 Å². The van der Waals surface area contributed by atoms with Crippen LogP contribution in [0.4, 0.5) is 15.9 Å². The number of carbonyl (C=O) groups excluding carboxylic acids is 1. The number of aliphatic imine (C=N–C) groups is 1. The van der Waals surface area contributed by atoms with Crippen molar-refractivity contribution in [1.82, 2.24) is 14.7 Å². The van der Waals surface area contributed by atoms with Gasteiger partial charge in [-0.25, -0.2) is 14.1 Å². The first-order valence-corrected chi connectivity index (χ1v) is 12.7. The number of nitrogens with zero attached hydrogens (tertiary/aromatic N) is 5. The maximum Gasteiger partial charge on any atom is 0.234 e. The zero-order valence-electron chi connectivity index (χ0n) is 19.7. The molecule has 1 amide bonds. The molecule has 2 atom stereocenters. The molecule has 35 heavy (non-hydrogen) atoms. The fourth-order valence-electron chi connectivity index (χ4n) is 5.32. The minimum absolute atomic E-state index is 0.0908. The van der Waals surface area contributed by atoms with Crippen molar-refractivity contribution in [2.24, 2.45) is 10.9 Å². The number of hydrogen-bond acceptors (Lipinski definition) is 5. The number of carbonyl (C=O) groups is 1. The van der Waals surface area contributed by atoms with E-state index in [-0.39, 0.29) is 17.8 Å². The topological polar surface area (TPSA) is 53.7 Å². The molecule has 1 fully saturated rings. The van der Waals surface area contributed by atoms with Crippen LogP contribution in [0.5, 0.6) is 0 Å². The van der Waals surface area contributed by atoms with Crippen LogP contribution < -0.4 is 4.90 Å². The SMILES string of the molecule is CC1=Nc2ccnn2C(c2sc3ccccc3c2C)C1C(=O)N1CCN(c2ccc(F)cc2)CC1. The molecule has 0 N–H and O–H groups in total. The fraction of sp³-hybridized carbons (Fsp3) is 0.296. The van der Waals surface area contributed by atoms with Crippen molar-refractivity contribution in [2.45, 2.75) is 19.9 Å². The summed E-state index contributed by atoms with van der Waals surface area (Å²) in [6, 6.07) is 16.6.